The molecule has 0 unspecified atom stereocenters. The standard InChI is InChI=1S/C14H18N2/c1-10-5-6-14-13(7-10)11(9-16-14)8-15-12-3-2-4-12/h5-7,9,12,15-16H,2-4,8H2,1H3. The first-order valence-electron chi connectivity index (χ1n) is 6.13. The molecule has 1 aliphatic carbocycles. The van der Waals surface area contributed by atoms with Crippen LogP contribution in [-0.2, 0) is 6.54 Å². The molecule has 0 saturated heterocycles. The molecule has 0 spiro atoms. The number of fused-ring (bicyclic) bond motifs is 1. The van der Waals surface area contributed by atoms with Gasteiger partial charge in [0.05, 0.1) is 0 Å². The second kappa shape index (κ2) is 3.95. The van der Waals surface area contributed by atoms with E-state index in [2.05, 4.69) is 41.6 Å². The highest BCUT2D eigenvalue weighted by Gasteiger charge is 2.16. The summed E-state index contributed by atoms with van der Waals surface area (Å²) < 4.78 is 0. The van der Waals surface area contributed by atoms with Crippen molar-refractivity contribution in [3.05, 3.63) is 35.5 Å². The van der Waals surface area contributed by atoms with Gasteiger partial charge in [0.2, 0.25) is 0 Å². The van der Waals surface area contributed by atoms with E-state index in [1.165, 1.54) is 41.3 Å². The Morgan fingerprint density at radius 1 is 1.38 bits per heavy atom. The fourth-order valence-electron chi connectivity index (χ4n) is 2.31. The monoisotopic (exact) mass is 214 g/mol. The van der Waals surface area contributed by atoms with Crippen molar-refractivity contribution in [2.45, 2.75) is 38.8 Å². The van der Waals surface area contributed by atoms with Crippen LogP contribution in [0.2, 0.25) is 0 Å². The van der Waals surface area contributed by atoms with Crippen molar-refractivity contribution < 1.29 is 0 Å². The first-order valence-corrected chi connectivity index (χ1v) is 6.13. The summed E-state index contributed by atoms with van der Waals surface area (Å²) in [5.74, 6) is 0. The Labute approximate surface area is 96.1 Å². The molecule has 1 heterocycles. The van der Waals surface area contributed by atoms with E-state index in [0.717, 1.165) is 12.6 Å². The molecule has 2 nitrogen and oxygen atoms in total. The molecular weight excluding hydrogens is 196 g/mol. The van der Waals surface area contributed by atoms with E-state index in [1.54, 1.807) is 0 Å². The molecule has 2 aromatic rings. The summed E-state index contributed by atoms with van der Waals surface area (Å²) in [5.41, 5.74) is 3.97. The fourth-order valence-corrected chi connectivity index (χ4v) is 2.31. The fraction of sp³-hybridized carbons (Fsp3) is 0.429. The first-order chi connectivity index (χ1) is 7.83. The molecule has 1 saturated carbocycles. The van der Waals surface area contributed by atoms with Gasteiger partial charge in [0.15, 0.2) is 0 Å². The van der Waals surface area contributed by atoms with Crippen LogP contribution < -0.4 is 5.32 Å². The highest BCUT2D eigenvalue weighted by atomic mass is 14.9. The number of nitrogens with one attached hydrogen (secondary N) is 2. The Hall–Kier alpha value is -1.28. The third-order valence-electron chi connectivity index (χ3n) is 3.61. The van der Waals surface area contributed by atoms with Crippen molar-refractivity contribution in [1.82, 2.24) is 10.3 Å². The summed E-state index contributed by atoms with van der Waals surface area (Å²) in [6.07, 6.45) is 6.23. The first kappa shape index (κ1) is 9.91. The average molecular weight is 214 g/mol. The summed E-state index contributed by atoms with van der Waals surface area (Å²) in [6.45, 7) is 3.14. The van der Waals surface area contributed by atoms with E-state index in [4.69, 9.17) is 0 Å². The Bertz CT molecular complexity index is 494. The quantitative estimate of drug-likeness (QED) is 0.807. The Morgan fingerprint density at radius 2 is 2.25 bits per heavy atom. The van der Waals surface area contributed by atoms with E-state index >= 15 is 0 Å². The van der Waals surface area contributed by atoms with E-state index in [-0.39, 0.29) is 0 Å². The van der Waals surface area contributed by atoms with Crippen LogP contribution in [0.4, 0.5) is 0 Å². The minimum atomic E-state index is 0.759. The molecule has 16 heavy (non-hydrogen) atoms. The summed E-state index contributed by atoms with van der Waals surface area (Å²) in [6, 6.07) is 7.35. The number of hydrogen-bond acceptors (Lipinski definition) is 1. The van der Waals surface area contributed by atoms with Crippen molar-refractivity contribution in [1.29, 1.82) is 0 Å². The molecule has 1 aromatic heterocycles. The SMILES string of the molecule is Cc1ccc2[nH]cc(CNC3CCC3)c2c1. The molecule has 0 radical (unpaired) electrons. The number of benzene rings is 1. The largest absolute Gasteiger partial charge is 0.361 e. The zero-order valence-electron chi connectivity index (χ0n) is 9.72. The number of H-pyrrole nitrogens is 1. The smallest absolute Gasteiger partial charge is 0.0457 e. The number of aromatic amines is 1. The molecule has 1 aliphatic rings. The van der Waals surface area contributed by atoms with Gasteiger partial charge in [0.25, 0.3) is 0 Å². The molecule has 1 aromatic carbocycles. The van der Waals surface area contributed by atoms with Gasteiger partial charge in [-0.1, -0.05) is 18.1 Å². The van der Waals surface area contributed by atoms with Gasteiger partial charge in [-0.15, -0.1) is 0 Å². The lowest BCUT2D eigenvalue weighted by Crippen LogP contribution is -2.34. The van der Waals surface area contributed by atoms with Gasteiger partial charge in [-0.25, -0.2) is 0 Å². The van der Waals surface area contributed by atoms with Crippen LogP contribution >= 0.6 is 0 Å². The lowest BCUT2D eigenvalue weighted by atomic mass is 9.93. The third-order valence-corrected chi connectivity index (χ3v) is 3.61. The van der Waals surface area contributed by atoms with E-state index in [1.807, 2.05) is 0 Å². The van der Waals surface area contributed by atoms with Gasteiger partial charge >= 0.3 is 0 Å². The molecule has 2 N–H and O–H groups in total. The molecule has 84 valence electrons. The predicted molar refractivity (Wildman–Crippen MR) is 67.5 cm³/mol. The highest BCUT2D eigenvalue weighted by Crippen LogP contribution is 2.22. The molecule has 2 heteroatoms. The van der Waals surface area contributed by atoms with Crippen molar-refractivity contribution in [2.75, 3.05) is 0 Å². The predicted octanol–water partition coefficient (Wildman–Crippen LogP) is 3.12. The Morgan fingerprint density at radius 3 is 3.00 bits per heavy atom. The summed E-state index contributed by atoms with van der Waals surface area (Å²) in [7, 11) is 0. The van der Waals surface area contributed by atoms with Gasteiger partial charge < -0.3 is 10.3 Å². The van der Waals surface area contributed by atoms with Gasteiger partial charge in [-0.3, -0.25) is 0 Å². The normalized spacial score (nSPS) is 16.6. The van der Waals surface area contributed by atoms with Crippen LogP contribution in [0, 0.1) is 6.92 Å². The summed E-state index contributed by atoms with van der Waals surface area (Å²) in [4.78, 5) is 3.34. The Kier molecular flexibility index (Phi) is 2.44. The zero-order chi connectivity index (χ0) is 11.0. The molecule has 0 atom stereocenters. The summed E-state index contributed by atoms with van der Waals surface area (Å²) >= 11 is 0. The van der Waals surface area contributed by atoms with Crippen molar-refractivity contribution in [3.8, 4) is 0 Å². The number of rotatable bonds is 3. The van der Waals surface area contributed by atoms with Crippen LogP contribution in [0.25, 0.3) is 10.9 Å². The minimum absolute atomic E-state index is 0.759. The lowest BCUT2D eigenvalue weighted by Gasteiger charge is -2.26. The van der Waals surface area contributed by atoms with Crippen LogP contribution in [0.15, 0.2) is 24.4 Å². The number of aryl methyl sites for hydroxylation is 1. The van der Waals surface area contributed by atoms with Crippen LogP contribution in [0.1, 0.15) is 30.4 Å². The van der Waals surface area contributed by atoms with Gasteiger partial charge in [-0.2, -0.15) is 0 Å². The van der Waals surface area contributed by atoms with Crippen molar-refractivity contribution in [3.63, 3.8) is 0 Å². The maximum Gasteiger partial charge on any atom is 0.0457 e. The van der Waals surface area contributed by atoms with Gasteiger partial charge in [0, 0.05) is 29.7 Å². The van der Waals surface area contributed by atoms with Crippen LogP contribution in [-0.4, -0.2) is 11.0 Å². The highest BCUT2D eigenvalue weighted by molar-refractivity contribution is 5.83. The maximum atomic E-state index is 3.61. The molecule has 3 rings (SSSR count). The summed E-state index contributed by atoms with van der Waals surface area (Å²) in [5, 5.41) is 4.98. The second-order valence-corrected chi connectivity index (χ2v) is 4.87. The Balaban J connectivity index is 1.82. The molecule has 0 aliphatic heterocycles. The van der Waals surface area contributed by atoms with Crippen molar-refractivity contribution >= 4 is 10.9 Å². The van der Waals surface area contributed by atoms with Gasteiger partial charge in [0.1, 0.15) is 0 Å². The second-order valence-electron chi connectivity index (χ2n) is 4.87. The minimum Gasteiger partial charge on any atom is -0.361 e. The molecule has 0 amide bonds. The van der Waals surface area contributed by atoms with E-state index in [9.17, 15) is 0 Å². The van der Waals surface area contributed by atoms with Crippen molar-refractivity contribution in [2.24, 2.45) is 0 Å². The van der Waals surface area contributed by atoms with E-state index < -0.39 is 0 Å². The van der Waals surface area contributed by atoms with Gasteiger partial charge in [-0.05, 0) is 37.5 Å². The zero-order valence-corrected chi connectivity index (χ0v) is 9.72. The number of aromatic nitrogens is 1. The molecule has 0 bridgehead atoms. The van der Waals surface area contributed by atoms with Crippen LogP contribution in [0.3, 0.4) is 0 Å². The maximum absolute atomic E-state index is 3.61. The average Bonchev–Trinajstić information content (AvgIpc) is 2.59. The lowest BCUT2D eigenvalue weighted by molar-refractivity contribution is 0.338. The van der Waals surface area contributed by atoms with E-state index in [0.29, 0.717) is 0 Å². The molecule has 1 fully saturated rings. The topological polar surface area (TPSA) is 27.8 Å². The third kappa shape index (κ3) is 1.74. The molecular formula is C14H18N2. The van der Waals surface area contributed by atoms with Crippen LogP contribution in [0.5, 0.6) is 0 Å². The number of hydrogen-bond donors (Lipinski definition) is 2.